The molecule has 0 bridgehead atoms. The molecule has 0 aromatic rings. The molecular weight excluding hydrogens is 148 g/mol. The number of hydrogen-bond acceptors (Lipinski definition) is 4. The zero-order valence-corrected chi connectivity index (χ0v) is 6.50. The van der Waals surface area contributed by atoms with Crippen LogP contribution in [0.15, 0.2) is 0 Å². The van der Waals surface area contributed by atoms with E-state index in [4.69, 9.17) is 16.0 Å². The van der Waals surface area contributed by atoms with Crippen molar-refractivity contribution in [2.24, 2.45) is 5.73 Å². The average molecular weight is 162 g/mol. The number of nitrogens with two attached hydrogens (primary N) is 1. The molecule has 0 saturated heterocycles. The Morgan fingerprint density at radius 3 is 2.55 bits per heavy atom. The van der Waals surface area contributed by atoms with Crippen LogP contribution in [-0.2, 0) is 4.79 Å². The smallest absolute Gasteiger partial charge is 0.340 e. The van der Waals surface area contributed by atoms with Gasteiger partial charge in [0.15, 0.2) is 5.66 Å². The summed E-state index contributed by atoms with van der Waals surface area (Å²) in [5.41, 5.74) is 5.17. The molecule has 0 aliphatic rings. The van der Waals surface area contributed by atoms with Gasteiger partial charge in [-0.1, -0.05) is 13.3 Å². The first-order valence-corrected chi connectivity index (χ1v) is 3.50. The topological polar surface area (TPSA) is 95.6 Å². The fourth-order valence-electron chi connectivity index (χ4n) is 0.666. The second-order valence-corrected chi connectivity index (χ2v) is 2.49. The summed E-state index contributed by atoms with van der Waals surface area (Å²) in [5.74, 6) is -1.24. The molecule has 0 aromatic carbocycles. The van der Waals surface area contributed by atoms with Crippen molar-refractivity contribution in [3.8, 4) is 0 Å². The second kappa shape index (κ2) is 4.27. The van der Waals surface area contributed by atoms with Gasteiger partial charge in [0.05, 0.1) is 0 Å². The third kappa shape index (κ3) is 2.83. The number of carbonyl (C=O) groups is 1. The van der Waals surface area contributed by atoms with E-state index in [2.05, 4.69) is 0 Å². The van der Waals surface area contributed by atoms with Gasteiger partial charge < -0.3 is 16.0 Å². The lowest BCUT2D eigenvalue weighted by Gasteiger charge is -2.21. The van der Waals surface area contributed by atoms with Crippen molar-refractivity contribution in [3.63, 3.8) is 0 Å². The summed E-state index contributed by atoms with van der Waals surface area (Å²) in [6.45, 7) is 1.92. The monoisotopic (exact) mass is 162 g/mol. The van der Waals surface area contributed by atoms with E-state index < -0.39 is 11.6 Å². The van der Waals surface area contributed by atoms with Crippen LogP contribution in [0.4, 0.5) is 0 Å². The molecule has 1 unspecified atom stereocenters. The van der Waals surface area contributed by atoms with Gasteiger partial charge in [-0.3, -0.25) is 0 Å². The molecule has 0 saturated carbocycles. The molecule has 5 nitrogen and oxygen atoms in total. The quantitative estimate of drug-likeness (QED) is 0.334. The van der Waals surface area contributed by atoms with E-state index in [1.165, 1.54) is 0 Å². The predicted octanol–water partition coefficient (Wildman–Crippen LogP) is -0.105. The highest BCUT2D eigenvalue weighted by Gasteiger charge is 2.32. The fourth-order valence-corrected chi connectivity index (χ4v) is 0.666. The van der Waals surface area contributed by atoms with Gasteiger partial charge in [-0.25, -0.2) is 4.79 Å². The van der Waals surface area contributed by atoms with Crippen LogP contribution in [0, 0.1) is 0 Å². The summed E-state index contributed by atoms with van der Waals surface area (Å²) in [6, 6.07) is 0. The lowest BCUT2D eigenvalue weighted by atomic mass is 10.1. The second-order valence-electron chi connectivity index (χ2n) is 2.49. The molecule has 0 aromatic heterocycles. The van der Waals surface area contributed by atoms with E-state index in [9.17, 15) is 4.79 Å². The van der Waals surface area contributed by atoms with Crippen LogP contribution in [0.2, 0.25) is 0 Å². The number of rotatable bonds is 5. The maximum Gasteiger partial charge on any atom is 0.340 e. The maximum absolute atomic E-state index is 10.4. The van der Waals surface area contributed by atoms with Gasteiger partial charge in [-0.2, -0.15) is 5.48 Å². The lowest BCUT2D eigenvalue weighted by molar-refractivity contribution is -0.150. The highest BCUT2D eigenvalue weighted by Crippen LogP contribution is 2.07. The summed E-state index contributed by atoms with van der Waals surface area (Å²) in [5, 5.41) is 16.9. The van der Waals surface area contributed by atoms with Crippen molar-refractivity contribution in [1.29, 1.82) is 0 Å². The third-order valence-corrected chi connectivity index (χ3v) is 1.51. The first-order chi connectivity index (χ1) is 5.06. The van der Waals surface area contributed by atoms with E-state index in [-0.39, 0.29) is 6.42 Å². The van der Waals surface area contributed by atoms with Crippen molar-refractivity contribution in [2.75, 3.05) is 0 Å². The highest BCUT2D eigenvalue weighted by molar-refractivity contribution is 5.77. The van der Waals surface area contributed by atoms with Gasteiger partial charge >= 0.3 is 5.97 Å². The molecule has 0 fully saturated rings. The minimum absolute atomic E-state index is 0.218. The van der Waals surface area contributed by atoms with Gasteiger partial charge in [0.1, 0.15) is 0 Å². The Labute approximate surface area is 65.2 Å². The Kier molecular flexibility index (Phi) is 4.02. The van der Waals surface area contributed by atoms with Crippen LogP contribution < -0.4 is 11.2 Å². The fraction of sp³-hybridized carbons (Fsp3) is 0.833. The Morgan fingerprint density at radius 2 is 2.27 bits per heavy atom. The van der Waals surface area contributed by atoms with Gasteiger partial charge in [0.25, 0.3) is 0 Å². The molecule has 5 heteroatoms. The molecule has 5 N–H and O–H groups in total. The number of aliphatic carboxylic acids is 1. The van der Waals surface area contributed by atoms with Crippen molar-refractivity contribution in [2.45, 2.75) is 31.8 Å². The van der Waals surface area contributed by atoms with Gasteiger partial charge in [0, 0.05) is 0 Å². The number of nitrogens with one attached hydrogen (secondary N) is 1. The van der Waals surface area contributed by atoms with Crippen molar-refractivity contribution >= 4 is 5.97 Å². The summed E-state index contributed by atoms with van der Waals surface area (Å²) in [7, 11) is 0. The Morgan fingerprint density at radius 1 is 1.73 bits per heavy atom. The largest absolute Gasteiger partial charge is 0.479 e. The van der Waals surface area contributed by atoms with Crippen LogP contribution >= 0.6 is 0 Å². The zero-order chi connectivity index (χ0) is 8.91. The molecule has 66 valence electrons. The van der Waals surface area contributed by atoms with E-state index in [0.29, 0.717) is 6.42 Å². The first-order valence-electron chi connectivity index (χ1n) is 3.50. The summed E-state index contributed by atoms with van der Waals surface area (Å²) in [6.07, 6.45) is 1.72. The molecule has 0 radical (unpaired) electrons. The normalized spacial score (nSPS) is 15.9. The molecule has 0 heterocycles. The Bertz CT molecular complexity index is 140. The molecule has 0 aliphatic heterocycles. The molecule has 0 aliphatic carbocycles. The molecule has 0 rings (SSSR count). The number of carboxylic acids is 1. The summed E-state index contributed by atoms with van der Waals surface area (Å²) in [4.78, 5) is 10.4. The SMILES string of the molecule is CCCCC(N)(NO)C(=O)O. The number of hydroxylamine groups is 1. The van der Waals surface area contributed by atoms with Gasteiger partial charge in [0.2, 0.25) is 0 Å². The lowest BCUT2D eigenvalue weighted by Crippen LogP contribution is -2.58. The van der Waals surface area contributed by atoms with Crippen LogP contribution in [-0.4, -0.2) is 21.9 Å². The van der Waals surface area contributed by atoms with Crippen molar-refractivity contribution in [3.05, 3.63) is 0 Å². The highest BCUT2D eigenvalue weighted by atomic mass is 16.5. The van der Waals surface area contributed by atoms with Crippen LogP contribution in [0.5, 0.6) is 0 Å². The minimum Gasteiger partial charge on any atom is -0.479 e. The van der Waals surface area contributed by atoms with E-state index >= 15 is 0 Å². The van der Waals surface area contributed by atoms with E-state index in [0.717, 1.165) is 6.42 Å². The molecule has 1 atom stereocenters. The predicted molar refractivity (Wildman–Crippen MR) is 39.0 cm³/mol. The van der Waals surface area contributed by atoms with Crippen LogP contribution in [0.1, 0.15) is 26.2 Å². The van der Waals surface area contributed by atoms with Gasteiger partial charge in [-0.15, -0.1) is 0 Å². The maximum atomic E-state index is 10.4. The minimum atomic E-state index is -1.68. The zero-order valence-electron chi connectivity index (χ0n) is 6.50. The Balaban J connectivity index is 3.99. The third-order valence-electron chi connectivity index (χ3n) is 1.51. The number of unbranched alkanes of at least 4 members (excludes halogenated alkanes) is 1. The average Bonchev–Trinajstić information content (AvgIpc) is 2.00. The first kappa shape index (κ1) is 10.3. The molecular formula is C6H14N2O3. The van der Waals surface area contributed by atoms with Crippen molar-refractivity contribution in [1.82, 2.24) is 5.48 Å². The van der Waals surface area contributed by atoms with Crippen molar-refractivity contribution < 1.29 is 15.1 Å². The molecule has 11 heavy (non-hydrogen) atoms. The Hall–Kier alpha value is -0.650. The summed E-state index contributed by atoms with van der Waals surface area (Å²) < 4.78 is 0. The summed E-state index contributed by atoms with van der Waals surface area (Å²) >= 11 is 0. The standard InChI is InChI=1S/C6H14N2O3/c1-2-3-4-6(7,8-11)5(9)10/h8,11H,2-4,7H2,1H3,(H,9,10). The molecule has 0 spiro atoms. The molecule has 0 amide bonds. The van der Waals surface area contributed by atoms with Crippen LogP contribution in [0.25, 0.3) is 0 Å². The van der Waals surface area contributed by atoms with E-state index in [1.54, 1.807) is 5.48 Å². The van der Waals surface area contributed by atoms with Gasteiger partial charge in [-0.05, 0) is 12.8 Å². The van der Waals surface area contributed by atoms with E-state index in [1.807, 2.05) is 6.92 Å². The number of hydrogen-bond donors (Lipinski definition) is 4. The van der Waals surface area contributed by atoms with Crippen LogP contribution in [0.3, 0.4) is 0 Å². The number of carboxylic acid groups (broad SMARTS) is 1.